The van der Waals surface area contributed by atoms with Gasteiger partial charge in [0.25, 0.3) is 0 Å². The molecule has 1 aliphatic rings. The first kappa shape index (κ1) is 19.9. The van der Waals surface area contributed by atoms with Gasteiger partial charge in [-0.25, -0.2) is 0 Å². The Morgan fingerprint density at radius 2 is 1.88 bits per heavy atom. The number of carbonyl (C=O) groups is 1. The number of ether oxygens (including phenoxy) is 1. The first-order chi connectivity index (χ1) is 11.8. The highest BCUT2D eigenvalue weighted by atomic mass is 16.6. The van der Waals surface area contributed by atoms with E-state index in [4.69, 9.17) is 4.74 Å². The Kier molecular flexibility index (Phi) is 7.03. The Morgan fingerprint density at radius 3 is 2.44 bits per heavy atom. The highest BCUT2D eigenvalue weighted by Gasteiger charge is 2.33. The molecule has 1 fully saturated rings. The summed E-state index contributed by atoms with van der Waals surface area (Å²) < 4.78 is 5.51. The smallest absolute Gasteiger partial charge is 0.306 e. The molecule has 1 saturated heterocycles. The third kappa shape index (κ3) is 6.12. The van der Waals surface area contributed by atoms with Crippen LogP contribution in [0.3, 0.4) is 0 Å². The van der Waals surface area contributed by atoms with Crippen LogP contribution >= 0.6 is 0 Å². The van der Waals surface area contributed by atoms with Gasteiger partial charge in [0, 0.05) is 19.5 Å². The van der Waals surface area contributed by atoms with E-state index in [2.05, 4.69) is 24.0 Å². The van der Waals surface area contributed by atoms with Crippen LogP contribution in [-0.2, 0) is 9.53 Å². The molecule has 0 amide bonds. The molecule has 1 N–H and O–H groups in total. The largest absolute Gasteiger partial charge is 0.460 e. The van der Waals surface area contributed by atoms with Gasteiger partial charge in [-0.15, -0.1) is 0 Å². The van der Waals surface area contributed by atoms with E-state index in [1.165, 1.54) is 0 Å². The normalized spacial score (nSPS) is 23.2. The van der Waals surface area contributed by atoms with Gasteiger partial charge in [0.15, 0.2) is 0 Å². The Bertz CT molecular complexity index is 538. The molecule has 0 bridgehead atoms. The van der Waals surface area contributed by atoms with Crippen molar-refractivity contribution in [1.82, 2.24) is 4.90 Å². The number of carbonyl (C=O) groups excluding carboxylic acids is 1. The van der Waals surface area contributed by atoms with Crippen molar-refractivity contribution in [3.63, 3.8) is 0 Å². The zero-order chi connectivity index (χ0) is 18.4. The van der Waals surface area contributed by atoms with Gasteiger partial charge in [0.2, 0.25) is 0 Å². The minimum atomic E-state index is -0.437. The van der Waals surface area contributed by atoms with Gasteiger partial charge in [-0.3, -0.25) is 9.69 Å². The van der Waals surface area contributed by atoms with Crippen LogP contribution in [0.1, 0.15) is 58.6 Å². The van der Waals surface area contributed by atoms with Crippen LogP contribution < -0.4 is 0 Å². The number of esters is 1. The van der Waals surface area contributed by atoms with E-state index in [0.717, 1.165) is 31.5 Å². The third-order valence-corrected chi connectivity index (χ3v) is 4.90. The summed E-state index contributed by atoms with van der Waals surface area (Å²) in [4.78, 5) is 14.6. The van der Waals surface area contributed by atoms with Crippen LogP contribution in [-0.4, -0.2) is 41.3 Å². The summed E-state index contributed by atoms with van der Waals surface area (Å²) in [6.45, 7) is 9.82. The van der Waals surface area contributed by atoms with E-state index in [9.17, 15) is 9.90 Å². The lowest BCUT2D eigenvalue weighted by Crippen LogP contribution is -2.44. The Labute approximate surface area is 152 Å². The summed E-state index contributed by atoms with van der Waals surface area (Å²) in [5, 5.41) is 9.98. The van der Waals surface area contributed by atoms with E-state index in [0.29, 0.717) is 12.3 Å². The van der Waals surface area contributed by atoms with Crippen LogP contribution in [0.2, 0.25) is 0 Å². The van der Waals surface area contributed by atoms with Crippen LogP contribution in [0.15, 0.2) is 30.3 Å². The maximum atomic E-state index is 12.2. The molecular weight excluding hydrogens is 314 g/mol. The second kappa shape index (κ2) is 8.81. The molecule has 4 heteroatoms. The topological polar surface area (TPSA) is 49.8 Å². The maximum absolute atomic E-state index is 12.2. The number of nitrogens with zero attached hydrogens (tertiary/aromatic N) is 1. The summed E-state index contributed by atoms with van der Waals surface area (Å²) in [6.07, 6.45) is 2.60. The lowest BCUT2D eigenvalue weighted by molar-refractivity contribution is -0.156. The standard InChI is InChI=1S/C21H33NO3/c1-5-16-11-17(12-20(24)25-21(2,3)4)14-22(13-16)19(15-23)18-9-7-6-8-10-18/h6-10,16-17,19,23H,5,11-15H2,1-4H3/t16-,17+,19-/m0/s1. The Balaban J connectivity index is 2.07. The lowest BCUT2D eigenvalue weighted by atomic mass is 9.84. The zero-order valence-electron chi connectivity index (χ0n) is 16.1. The second-order valence-corrected chi connectivity index (χ2v) is 8.23. The molecule has 0 radical (unpaired) electrons. The van der Waals surface area contributed by atoms with Crippen molar-refractivity contribution in [1.29, 1.82) is 0 Å². The van der Waals surface area contributed by atoms with E-state index in [-0.39, 0.29) is 24.5 Å². The van der Waals surface area contributed by atoms with E-state index in [1.54, 1.807) is 0 Å². The molecule has 25 heavy (non-hydrogen) atoms. The van der Waals surface area contributed by atoms with Gasteiger partial charge in [-0.2, -0.15) is 0 Å². The zero-order valence-corrected chi connectivity index (χ0v) is 16.1. The lowest BCUT2D eigenvalue weighted by Gasteiger charge is -2.41. The van der Waals surface area contributed by atoms with Crippen molar-refractivity contribution in [2.24, 2.45) is 11.8 Å². The monoisotopic (exact) mass is 347 g/mol. The number of hydrogen-bond acceptors (Lipinski definition) is 4. The number of piperidine rings is 1. The van der Waals surface area contributed by atoms with E-state index in [1.807, 2.05) is 39.0 Å². The fraction of sp³-hybridized carbons (Fsp3) is 0.667. The second-order valence-electron chi connectivity index (χ2n) is 8.23. The molecule has 0 spiro atoms. The predicted octanol–water partition coefficient (Wildman–Crippen LogP) is 3.80. The van der Waals surface area contributed by atoms with E-state index < -0.39 is 5.60 Å². The summed E-state index contributed by atoms with van der Waals surface area (Å²) in [6, 6.07) is 10.2. The maximum Gasteiger partial charge on any atom is 0.306 e. The summed E-state index contributed by atoms with van der Waals surface area (Å²) in [5.74, 6) is 0.722. The van der Waals surface area contributed by atoms with Gasteiger partial charge in [0.05, 0.1) is 12.6 Å². The highest BCUT2D eigenvalue weighted by Crippen LogP contribution is 2.32. The van der Waals surface area contributed by atoms with Gasteiger partial charge < -0.3 is 9.84 Å². The van der Waals surface area contributed by atoms with E-state index >= 15 is 0 Å². The van der Waals surface area contributed by atoms with Crippen molar-refractivity contribution in [2.45, 2.75) is 58.6 Å². The molecule has 1 aromatic carbocycles. The molecule has 0 aliphatic carbocycles. The minimum absolute atomic E-state index is 0.00307. The van der Waals surface area contributed by atoms with Gasteiger partial charge >= 0.3 is 5.97 Å². The van der Waals surface area contributed by atoms with Crippen LogP contribution in [0.4, 0.5) is 0 Å². The molecule has 140 valence electrons. The van der Waals surface area contributed by atoms with Gasteiger partial charge in [-0.1, -0.05) is 43.7 Å². The fourth-order valence-electron chi connectivity index (χ4n) is 3.78. The number of rotatable bonds is 6. The SMILES string of the molecule is CC[C@H]1C[C@H](CC(=O)OC(C)(C)C)CN([C@@H](CO)c2ccccc2)C1. The molecular formula is C21H33NO3. The third-order valence-electron chi connectivity index (χ3n) is 4.90. The average Bonchev–Trinajstić information content (AvgIpc) is 2.54. The molecule has 0 unspecified atom stereocenters. The number of aliphatic hydroxyl groups is 1. The molecule has 1 aromatic rings. The fourth-order valence-corrected chi connectivity index (χ4v) is 3.78. The van der Waals surface area contributed by atoms with Crippen molar-refractivity contribution in [3.8, 4) is 0 Å². The first-order valence-corrected chi connectivity index (χ1v) is 9.44. The van der Waals surface area contributed by atoms with Crippen molar-refractivity contribution < 1.29 is 14.6 Å². The van der Waals surface area contributed by atoms with Crippen molar-refractivity contribution in [2.75, 3.05) is 19.7 Å². The van der Waals surface area contributed by atoms with Crippen LogP contribution in [0.5, 0.6) is 0 Å². The molecule has 0 aromatic heterocycles. The number of likely N-dealkylation sites (tertiary alicyclic amines) is 1. The Morgan fingerprint density at radius 1 is 1.24 bits per heavy atom. The van der Waals surface area contributed by atoms with Crippen molar-refractivity contribution in [3.05, 3.63) is 35.9 Å². The predicted molar refractivity (Wildman–Crippen MR) is 100 cm³/mol. The molecule has 3 atom stereocenters. The van der Waals surface area contributed by atoms with Gasteiger partial charge in [-0.05, 0) is 44.6 Å². The van der Waals surface area contributed by atoms with Crippen LogP contribution in [0.25, 0.3) is 0 Å². The average molecular weight is 347 g/mol. The molecule has 4 nitrogen and oxygen atoms in total. The first-order valence-electron chi connectivity index (χ1n) is 9.44. The number of hydrogen-bond donors (Lipinski definition) is 1. The molecule has 2 rings (SSSR count). The number of benzene rings is 1. The summed E-state index contributed by atoms with van der Waals surface area (Å²) >= 11 is 0. The van der Waals surface area contributed by atoms with Gasteiger partial charge in [0.1, 0.15) is 5.60 Å². The highest BCUT2D eigenvalue weighted by molar-refractivity contribution is 5.70. The summed E-state index contributed by atoms with van der Waals surface area (Å²) in [7, 11) is 0. The Hall–Kier alpha value is -1.39. The quantitative estimate of drug-likeness (QED) is 0.795. The number of aliphatic hydroxyl groups excluding tert-OH is 1. The molecule has 0 saturated carbocycles. The minimum Gasteiger partial charge on any atom is -0.460 e. The summed E-state index contributed by atoms with van der Waals surface area (Å²) in [5.41, 5.74) is 0.700. The molecule has 1 aliphatic heterocycles. The van der Waals surface area contributed by atoms with Crippen molar-refractivity contribution >= 4 is 5.97 Å². The van der Waals surface area contributed by atoms with Crippen LogP contribution in [0, 0.1) is 11.8 Å². The molecule has 1 heterocycles.